The molecule has 0 saturated heterocycles. The molecule has 138 valence electrons. The van der Waals surface area contributed by atoms with Crippen molar-refractivity contribution in [2.45, 2.75) is 6.92 Å². The molecule has 0 heterocycles. The van der Waals surface area contributed by atoms with Gasteiger partial charge >= 0.3 is 5.97 Å². The lowest BCUT2D eigenvalue weighted by molar-refractivity contribution is -0.131. The maximum atomic E-state index is 12.3. The summed E-state index contributed by atoms with van der Waals surface area (Å²) in [5, 5.41) is 11.1. The van der Waals surface area contributed by atoms with Crippen LogP contribution in [0.3, 0.4) is 0 Å². The van der Waals surface area contributed by atoms with Crippen molar-refractivity contribution in [1.82, 2.24) is 10.9 Å². The first-order valence-corrected chi connectivity index (χ1v) is 7.85. The number of hydrazine groups is 1. The zero-order valence-corrected chi connectivity index (χ0v) is 14.4. The van der Waals surface area contributed by atoms with Gasteiger partial charge in [0.05, 0.1) is 0 Å². The molecule has 2 aromatic rings. The van der Waals surface area contributed by atoms with Gasteiger partial charge in [-0.3, -0.25) is 25.2 Å². The number of hydrogen-bond acceptors (Lipinski definition) is 4. The monoisotopic (exact) mass is 367 g/mol. The number of rotatable bonds is 5. The quantitative estimate of drug-likeness (QED) is 0.472. The van der Waals surface area contributed by atoms with Crippen molar-refractivity contribution in [3.05, 3.63) is 77.4 Å². The average molecular weight is 367 g/mol. The molecule has 0 spiro atoms. The SMILES string of the molecule is Cc1ccccc1C(=O)Nc1ccc(C(=O)NNC(=O)/C=C/C(=O)O)cc1. The maximum absolute atomic E-state index is 12.3. The molecule has 27 heavy (non-hydrogen) atoms. The number of carboxylic acid groups (broad SMARTS) is 1. The van der Waals surface area contributed by atoms with Crippen LogP contribution in [0.4, 0.5) is 5.69 Å². The summed E-state index contributed by atoms with van der Waals surface area (Å²) in [6.45, 7) is 1.84. The first kappa shape index (κ1) is 19.4. The van der Waals surface area contributed by atoms with Gasteiger partial charge in [-0.25, -0.2) is 4.79 Å². The molecule has 0 radical (unpaired) electrons. The summed E-state index contributed by atoms with van der Waals surface area (Å²) >= 11 is 0. The third-order valence-electron chi connectivity index (χ3n) is 3.47. The molecule has 2 aromatic carbocycles. The lowest BCUT2D eigenvalue weighted by atomic mass is 10.1. The zero-order chi connectivity index (χ0) is 19.8. The van der Waals surface area contributed by atoms with Gasteiger partial charge in [0.25, 0.3) is 17.7 Å². The molecule has 0 fully saturated rings. The molecule has 0 atom stereocenters. The average Bonchev–Trinajstić information content (AvgIpc) is 2.65. The number of aryl methyl sites for hydroxylation is 1. The fraction of sp³-hybridized carbons (Fsp3) is 0.0526. The number of carboxylic acids is 1. The molecule has 8 heteroatoms. The van der Waals surface area contributed by atoms with Crippen LogP contribution in [0.25, 0.3) is 0 Å². The highest BCUT2D eigenvalue weighted by atomic mass is 16.4. The Balaban J connectivity index is 1.93. The molecule has 0 aromatic heterocycles. The van der Waals surface area contributed by atoms with Gasteiger partial charge in [0, 0.05) is 29.0 Å². The topological polar surface area (TPSA) is 125 Å². The van der Waals surface area contributed by atoms with Gasteiger partial charge in [-0.2, -0.15) is 0 Å². The van der Waals surface area contributed by atoms with Crippen LogP contribution in [0.15, 0.2) is 60.7 Å². The van der Waals surface area contributed by atoms with Gasteiger partial charge in [-0.15, -0.1) is 0 Å². The van der Waals surface area contributed by atoms with Crippen molar-refractivity contribution >= 4 is 29.4 Å². The van der Waals surface area contributed by atoms with E-state index in [1.807, 2.05) is 19.1 Å². The summed E-state index contributed by atoms with van der Waals surface area (Å²) < 4.78 is 0. The lowest BCUT2D eigenvalue weighted by Gasteiger charge is -2.09. The van der Waals surface area contributed by atoms with E-state index in [1.54, 1.807) is 24.3 Å². The van der Waals surface area contributed by atoms with E-state index in [9.17, 15) is 19.2 Å². The van der Waals surface area contributed by atoms with E-state index in [1.165, 1.54) is 12.1 Å². The van der Waals surface area contributed by atoms with Crippen LogP contribution in [0, 0.1) is 6.92 Å². The van der Waals surface area contributed by atoms with E-state index < -0.39 is 17.8 Å². The number of benzene rings is 2. The predicted molar refractivity (Wildman–Crippen MR) is 98.0 cm³/mol. The van der Waals surface area contributed by atoms with Gasteiger partial charge in [0.2, 0.25) is 0 Å². The van der Waals surface area contributed by atoms with Crippen molar-refractivity contribution in [3.63, 3.8) is 0 Å². The molecule has 4 N–H and O–H groups in total. The van der Waals surface area contributed by atoms with Crippen molar-refractivity contribution in [2.75, 3.05) is 5.32 Å². The highest BCUT2D eigenvalue weighted by Crippen LogP contribution is 2.13. The Hall–Kier alpha value is -3.94. The summed E-state index contributed by atoms with van der Waals surface area (Å²) in [4.78, 5) is 45.8. The number of hydrogen-bond donors (Lipinski definition) is 4. The Kier molecular flexibility index (Phi) is 6.43. The van der Waals surface area contributed by atoms with Crippen LogP contribution in [-0.2, 0) is 9.59 Å². The summed E-state index contributed by atoms with van der Waals surface area (Å²) in [6.07, 6.45) is 1.42. The van der Waals surface area contributed by atoms with Crippen molar-refractivity contribution in [3.8, 4) is 0 Å². The molecule has 8 nitrogen and oxygen atoms in total. The fourth-order valence-corrected chi connectivity index (χ4v) is 2.11. The highest BCUT2D eigenvalue weighted by Gasteiger charge is 2.10. The molecule has 0 aliphatic rings. The van der Waals surface area contributed by atoms with Crippen LogP contribution in [0.1, 0.15) is 26.3 Å². The van der Waals surface area contributed by atoms with E-state index in [0.717, 1.165) is 11.6 Å². The van der Waals surface area contributed by atoms with E-state index in [4.69, 9.17) is 5.11 Å². The van der Waals surface area contributed by atoms with E-state index in [-0.39, 0.29) is 11.5 Å². The second kappa shape index (κ2) is 8.95. The maximum Gasteiger partial charge on any atom is 0.328 e. The Labute approximate surface area is 154 Å². The summed E-state index contributed by atoms with van der Waals surface area (Å²) in [7, 11) is 0. The molecule has 0 bridgehead atoms. The van der Waals surface area contributed by atoms with Crippen molar-refractivity contribution in [1.29, 1.82) is 0 Å². The van der Waals surface area contributed by atoms with Gasteiger partial charge in [-0.1, -0.05) is 18.2 Å². The second-order valence-electron chi connectivity index (χ2n) is 5.46. The number of carbonyl (C=O) groups is 4. The van der Waals surface area contributed by atoms with Crippen LogP contribution in [-0.4, -0.2) is 28.8 Å². The molecule has 0 saturated carbocycles. The zero-order valence-electron chi connectivity index (χ0n) is 14.4. The molecular formula is C19H17N3O5. The third kappa shape index (κ3) is 5.82. The Bertz CT molecular complexity index is 904. The standard InChI is InChI=1S/C19H17N3O5/c1-12-4-2-3-5-15(12)19(27)20-14-8-6-13(7-9-14)18(26)22-21-16(23)10-11-17(24)25/h2-11H,1H3,(H,20,27)(H,21,23)(H,22,26)(H,24,25)/b11-10+. The smallest absolute Gasteiger partial charge is 0.328 e. The van der Waals surface area contributed by atoms with E-state index in [0.29, 0.717) is 17.3 Å². The minimum Gasteiger partial charge on any atom is -0.478 e. The predicted octanol–water partition coefficient (Wildman–Crippen LogP) is 1.65. The van der Waals surface area contributed by atoms with Crippen LogP contribution in [0.5, 0.6) is 0 Å². The summed E-state index contributed by atoms with van der Waals surface area (Å²) in [5.41, 5.74) is 6.35. The summed E-state index contributed by atoms with van der Waals surface area (Å²) in [5.74, 6) is -2.92. The number of aliphatic carboxylic acids is 1. The third-order valence-corrected chi connectivity index (χ3v) is 3.47. The molecule has 3 amide bonds. The van der Waals surface area contributed by atoms with Gasteiger partial charge in [0.15, 0.2) is 0 Å². The largest absolute Gasteiger partial charge is 0.478 e. The van der Waals surface area contributed by atoms with Crippen molar-refractivity contribution < 1.29 is 24.3 Å². The minimum atomic E-state index is -1.28. The second-order valence-corrected chi connectivity index (χ2v) is 5.46. The number of anilines is 1. The van der Waals surface area contributed by atoms with E-state index >= 15 is 0 Å². The van der Waals surface area contributed by atoms with Gasteiger partial charge in [0.1, 0.15) is 0 Å². The Morgan fingerprint density at radius 3 is 2.15 bits per heavy atom. The van der Waals surface area contributed by atoms with Crippen LogP contribution < -0.4 is 16.2 Å². The normalized spacial score (nSPS) is 10.3. The Morgan fingerprint density at radius 2 is 1.52 bits per heavy atom. The summed E-state index contributed by atoms with van der Waals surface area (Å²) in [6, 6.07) is 13.2. The fourth-order valence-electron chi connectivity index (χ4n) is 2.11. The molecular weight excluding hydrogens is 350 g/mol. The minimum absolute atomic E-state index is 0.242. The van der Waals surface area contributed by atoms with E-state index in [2.05, 4.69) is 16.2 Å². The lowest BCUT2D eigenvalue weighted by Crippen LogP contribution is -2.40. The first-order chi connectivity index (χ1) is 12.9. The van der Waals surface area contributed by atoms with Crippen molar-refractivity contribution in [2.24, 2.45) is 0 Å². The molecule has 0 aliphatic heterocycles. The van der Waals surface area contributed by atoms with Gasteiger partial charge in [-0.05, 0) is 42.8 Å². The Morgan fingerprint density at radius 1 is 0.852 bits per heavy atom. The van der Waals surface area contributed by atoms with Gasteiger partial charge < -0.3 is 10.4 Å². The molecule has 0 unspecified atom stereocenters. The number of carbonyl (C=O) groups excluding carboxylic acids is 3. The number of nitrogens with one attached hydrogen (secondary N) is 3. The van der Waals surface area contributed by atoms with Crippen LogP contribution >= 0.6 is 0 Å². The first-order valence-electron chi connectivity index (χ1n) is 7.85. The molecule has 0 aliphatic carbocycles. The van der Waals surface area contributed by atoms with Crippen LogP contribution in [0.2, 0.25) is 0 Å². The highest BCUT2D eigenvalue weighted by molar-refractivity contribution is 6.05. The number of amides is 3. The molecule has 2 rings (SSSR count).